The van der Waals surface area contributed by atoms with Crippen LogP contribution in [0.1, 0.15) is 31.9 Å². The molecule has 0 aromatic heterocycles. The van der Waals surface area contributed by atoms with E-state index in [0.717, 1.165) is 15.6 Å². The van der Waals surface area contributed by atoms with Crippen LogP contribution < -0.4 is 5.32 Å². The van der Waals surface area contributed by atoms with Crippen molar-refractivity contribution in [3.05, 3.63) is 39.9 Å². The van der Waals surface area contributed by atoms with E-state index in [4.69, 9.17) is 4.74 Å². The average Bonchev–Trinajstić information content (AvgIpc) is 2.36. The van der Waals surface area contributed by atoms with Crippen LogP contribution in [0.2, 0.25) is 0 Å². The minimum atomic E-state index is -0.814. The summed E-state index contributed by atoms with van der Waals surface area (Å²) in [7, 11) is 0. The molecule has 1 aromatic rings. The van der Waals surface area contributed by atoms with Gasteiger partial charge in [-0.2, -0.15) is 0 Å². The first-order chi connectivity index (χ1) is 9.79. The summed E-state index contributed by atoms with van der Waals surface area (Å²) in [5, 5.41) is 2.69. The summed E-state index contributed by atoms with van der Waals surface area (Å²) in [6.07, 6.45) is 2.15. The third kappa shape index (κ3) is 6.12. The Labute approximate surface area is 133 Å². The molecular weight excluding hydrogens is 334 g/mol. The zero-order valence-electron chi connectivity index (χ0n) is 12.6. The average molecular weight is 354 g/mol. The highest BCUT2D eigenvalue weighted by atomic mass is 79.9. The molecule has 114 valence electrons. The Bertz CT molecular complexity index is 552. The van der Waals surface area contributed by atoms with Crippen molar-refractivity contribution in [2.24, 2.45) is 0 Å². The molecule has 1 rings (SSSR count). The third-order valence-electron chi connectivity index (χ3n) is 2.65. The molecule has 4 nitrogen and oxygen atoms in total. The SMILES string of the molecule is Cc1ccc(/C=C/C(=O)O[C@H](C)C(=O)NC(C)C)c(Br)c1. The summed E-state index contributed by atoms with van der Waals surface area (Å²) in [6.45, 7) is 7.23. The Balaban J connectivity index is 2.60. The van der Waals surface area contributed by atoms with E-state index in [1.807, 2.05) is 39.0 Å². The molecule has 0 fully saturated rings. The molecule has 21 heavy (non-hydrogen) atoms. The van der Waals surface area contributed by atoms with Gasteiger partial charge in [0.1, 0.15) is 0 Å². The molecule has 0 aliphatic heterocycles. The highest BCUT2D eigenvalue weighted by molar-refractivity contribution is 9.10. The Kier molecular flexibility index (Phi) is 6.62. The molecule has 0 bridgehead atoms. The van der Waals surface area contributed by atoms with Gasteiger partial charge in [0.05, 0.1) is 0 Å². The van der Waals surface area contributed by atoms with Crippen molar-refractivity contribution in [1.29, 1.82) is 0 Å². The van der Waals surface area contributed by atoms with Crippen LogP contribution in [0.3, 0.4) is 0 Å². The van der Waals surface area contributed by atoms with Crippen molar-refractivity contribution in [2.45, 2.75) is 39.8 Å². The number of carbonyl (C=O) groups is 2. The maximum absolute atomic E-state index is 11.7. The van der Waals surface area contributed by atoms with Gasteiger partial charge in [0, 0.05) is 16.6 Å². The molecule has 5 heteroatoms. The molecule has 0 heterocycles. The van der Waals surface area contributed by atoms with Gasteiger partial charge in [-0.05, 0) is 51.0 Å². The fourth-order valence-corrected chi connectivity index (χ4v) is 2.22. The molecular formula is C16H20BrNO3. The number of carbonyl (C=O) groups excluding carboxylic acids is 2. The maximum atomic E-state index is 11.7. The van der Waals surface area contributed by atoms with Crippen molar-refractivity contribution in [1.82, 2.24) is 5.32 Å². The quantitative estimate of drug-likeness (QED) is 0.653. The van der Waals surface area contributed by atoms with Crippen LogP contribution >= 0.6 is 15.9 Å². The first kappa shape index (κ1) is 17.4. The van der Waals surface area contributed by atoms with Crippen LogP contribution in [0.4, 0.5) is 0 Å². The van der Waals surface area contributed by atoms with Gasteiger partial charge in [-0.1, -0.05) is 28.1 Å². The summed E-state index contributed by atoms with van der Waals surface area (Å²) in [4.78, 5) is 23.3. The minimum absolute atomic E-state index is 0.0118. The summed E-state index contributed by atoms with van der Waals surface area (Å²) in [5.74, 6) is -0.850. The summed E-state index contributed by atoms with van der Waals surface area (Å²) < 4.78 is 5.95. The van der Waals surface area contributed by atoms with Gasteiger partial charge < -0.3 is 10.1 Å². The predicted molar refractivity (Wildman–Crippen MR) is 86.7 cm³/mol. The lowest BCUT2D eigenvalue weighted by molar-refractivity contribution is -0.150. The lowest BCUT2D eigenvalue weighted by Crippen LogP contribution is -2.39. The Hall–Kier alpha value is -1.62. The number of hydrogen-bond donors (Lipinski definition) is 1. The number of ether oxygens (including phenoxy) is 1. The number of esters is 1. The minimum Gasteiger partial charge on any atom is -0.449 e. The van der Waals surface area contributed by atoms with Crippen molar-refractivity contribution < 1.29 is 14.3 Å². The third-order valence-corrected chi connectivity index (χ3v) is 3.33. The van der Waals surface area contributed by atoms with Crippen molar-refractivity contribution >= 4 is 33.9 Å². The lowest BCUT2D eigenvalue weighted by Gasteiger charge is -2.14. The summed E-state index contributed by atoms with van der Waals surface area (Å²) in [6, 6.07) is 5.83. The van der Waals surface area contributed by atoms with Crippen molar-refractivity contribution in [3.63, 3.8) is 0 Å². The molecule has 0 aliphatic rings. The van der Waals surface area contributed by atoms with Crippen LogP contribution in [0.25, 0.3) is 6.08 Å². The summed E-state index contributed by atoms with van der Waals surface area (Å²) >= 11 is 3.43. The Morgan fingerprint density at radius 2 is 1.95 bits per heavy atom. The molecule has 0 saturated heterocycles. The van der Waals surface area contributed by atoms with Crippen LogP contribution in [-0.2, 0) is 14.3 Å². The molecule has 1 aromatic carbocycles. The Morgan fingerprint density at radius 3 is 2.52 bits per heavy atom. The van der Waals surface area contributed by atoms with Crippen molar-refractivity contribution in [2.75, 3.05) is 0 Å². The fourth-order valence-electron chi connectivity index (χ4n) is 1.59. The predicted octanol–water partition coefficient (Wildman–Crippen LogP) is 3.23. The smallest absolute Gasteiger partial charge is 0.331 e. The second-order valence-electron chi connectivity index (χ2n) is 5.10. The van der Waals surface area contributed by atoms with Gasteiger partial charge in [-0.15, -0.1) is 0 Å². The van der Waals surface area contributed by atoms with Gasteiger partial charge in [0.2, 0.25) is 0 Å². The van der Waals surface area contributed by atoms with Crippen LogP contribution in [-0.4, -0.2) is 24.0 Å². The molecule has 0 radical (unpaired) electrons. The van der Waals surface area contributed by atoms with Crippen LogP contribution in [0.5, 0.6) is 0 Å². The molecule has 1 atom stereocenters. The molecule has 0 spiro atoms. The first-order valence-corrected chi connectivity index (χ1v) is 7.54. The van der Waals surface area contributed by atoms with Gasteiger partial charge in [-0.3, -0.25) is 4.79 Å². The highest BCUT2D eigenvalue weighted by Gasteiger charge is 2.16. The topological polar surface area (TPSA) is 55.4 Å². The van der Waals surface area contributed by atoms with E-state index in [9.17, 15) is 9.59 Å². The molecule has 0 aliphatic carbocycles. The zero-order chi connectivity index (χ0) is 16.0. The number of halogens is 1. The number of amides is 1. The molecule has 1 amide bonds. The standard InChI is InChI=1S/C16H20BrNO3/c1-10(2)18-16(20)12(4)21-15(19)8-7-13-6-5-11(3)9-14(13)17/h5-10,12H,1-4H3,(H,18,20)/b8-7+/t12-/m1/s1. The Morgan fingerprint density at radius 1 is 1.29 bits per heavy atom. The van der Waals surface area contributed by atoms with Gasteiger partial charge in [0.15, 0.2) is 6.10 Å². The van der Waals surface area contributed by atoms with E-state index >= 15 is 0 Å². The van der Waals surface area contributed by atoms with E-state index in [1.165, 1.54) is 6.08 Å². The highest BCUT2D eigenvalue weighted by Crippen LogP contribution is 2.19. The van der Waals surface area contributed by atoms with Gasteiger partial charge in [-0.25, -0.2) is 4.79 Å². The van der Waals surface area contributed by atoms with Gasteiger partial charge >= 0.3 is 5.97 Å². The second kappa shape index (κ2) is 7.98. The van der Waals surface area contributed by atoms with Gasteiger partial charge in [0.25, 0.3) is 5.91 Å². The second-order valence-corrected chi connectivity index (χ2v) is 5.96. The zero-order valence-corrected chi connectivity index (χ0v) is 14.2. The molecule has 0 unspecified atom stereocenters. The van der Waals surface area contributed by atoms with Crippen molar-refractivity contribution in [3.8, 4) is 0 Å². The van der Waals surface area contributed by atoms with Crippen LogP contribution in [0.15, 0.2) is 28.7 Å². The summed E-state index contributed by atoms with van der Waals surface area (Å²) in [5.41, 5.74) is 2.00. The van der Waals surface area contributed by atoms with E-state index in [2.05, 4.69) is 21.2 Å². The number of rotatable bonds is 5. The van der Waals surface area contributed by atoms with E-state index in [0.29, 0.717) is 0 Å². The number of benzene rings is 1. The molecule has 1 N–H and O–H groups in total. The molecule has 0 saturated carbocycles. The number of aryl methyl sites for hydroxylation is 1. The van der Waals surface area contributed by atoms with E-state index < -0.39 is 12.1 Å². The monoisotopic (exact) mass is 353 g/mol. The van der Waals surface area contributed by atoms with E-state index in [1.54, 1.807) is 13.0 Å². The normalized spacial score (nSPS) is 12.5. The van der Waals surface area contributed by atoms with E-state index in [-0.39, 0.29) is 11.9 Å². The first-order valence-electron chi connectivity index (χ1n) is 6.75. The fraction of sp³-hybridized carbons (Fsp3) is 0.375. The number of hydrogen-bond acceptors (Lipinski definition) is 3. The largest absolute Gasteiger partial charge is 0.449 e. The lowest BCUT2D eigenvalue weighted by atomic mass is 10.1. The number of nitrogens with one attached hydrogen (secondary N) is 1. The maximum Gasteiger partial charge on any atom is 0.331 e. The van der Waals surface area contributed by atoms with Crippen LogP contribution in [0, 0.1) is 6.92 Å².